The highest BCUT2D eigenvalue weighted by Gasteiger charge is 2.28. The number of hydrogen-bond donors (Lipinski definition) is 1. The van der Waals surface area contributed by atoms with Gasteiger partial charge in [-0.1, -0.05) is 82.3 Å². The fraction of sp³-hybridized carbons (Fsp3) is 0.462. The molecule has 4 heteroatoms. The van der Waals surface area contributed by atoms with Crippen molar-refractivity contribution in [3.63, 3.8) is 0 Å². The predicted molar refractivity (Wildman–Crippen MR) is 123 cm³/mol. The summed E-state index contributed by atoms with van der Waals surface area (Å²) in [7, 11) is 0. The van der Waals surface area contributed by atoms with E-state index in [-0.39, 0.29) is 11.8 Å². The lowest BCUT2D eigenvalue weighted by atomic mass is 10.0. The van der Waals surface area contributed by atoms with Crippen molar-refractivity contribution in [1.82, 2.24) is 10.2 Å². The van der Waals surface area contributed by atoms with Crippen molar-refractivity contribution in [2.24, 2.45) is 5.92 Å². The number of rotatable bonds is 11. The van der Waals surface area contributed by atoms with Gasteiger partial charge in [-0.3, -0.25) is 9.59 Å². The van der Waals surface area contributed by atoms with Crippen LogP contribution < -0.4 is 5.32 Å². The molecule has 0 aliphatic rings. The van der Waals surface area contributed by atoms with Gasteiger partial charge in [0.1, 0.15) is 6.04 Å². The first-order valence-corrected chi connectivity index (χ1v) is 11.1. The zero-order valence-corrected chi connectivity index (χ0v) is 18.9. The molecule has 0 bridgehead atoms. The molecule has 2 aromatic rings. The smallest absolute Gasteiger partial charge is 0.242 e. The molecule has 2 rings (SSSR count). The Kier molecular flexibility index (Phi) is 9.59. The van der Waals surface area contributed by atoms with Crippen LogP contribution in [0.4, 0.5) is 0 Å². The average molecular weight is 409 g/mol. The van der Waals surface area contributed by atoms with Crippen LogP contribution in [0.15, 0.2) is 54.6 Å². The zero-order chi connectivity index (χ0) is 21.9. The molecule has 0 heterocycles. The minimum absolute atomic E-state index is 0.0185. The molecule has 0 radical (unpaired) electrons. The molecular formula is C26H36N2O2. The van der Waals surface area contributed by atoms with Crippen molar-refractivity contribution in [1.29, 1.82) is 0 Å². The van der Waals surface area contributed by atoms with Crippen LogP contribution in [0, 0.1) is 5.92 Å². The Morgan fingerprint density at radius 1 is 0.900 bits per heavy atom. The summed E-state index contributed by atoms with van der Waals surface area (Å²) in [6.07, 6.45) is 2.67. The van der Waals surface area contributed by atoms with Gasteiger partial charge < -0.3 is 10.2 Å². The summed E-state index contributed by atoms with van der Waals surface area (Å²) in [6.45, 7) is 9.30. The van der Waals surface area contributed by atoms with E-state index < -0.39 is 6.04 Å². The van der Waals surface area contributed by atoms with Gasteiger partial charge in [0.2, 0.25) is 11.8 Å². The van der Waals surface area contributed by atoms with E-state index in [0.29, 0.717) is 38.3 Å². The minimum Gasteiger partial charge on any atom is -0.354 e. The first-order valence-electron chi connectivity index (χ1n) is 11.1. The van der Waals surface area contributed by atoms with Gasteiger partial charge in [-0.25, -0.2) is 0 Å². The van der Waals surface area contributed by atoms with Crippen molar-refractivity contribution >= 4 is 11.8 Å². The second-order valence-corrected chi connectivity index (χ2v) is 8.24. The van der Waals surface area contributed by atoms with E-state index in [9.17, 15) is 9.59 Å². The second kappa shape index (κ2) is 12.2. The summed E-state index contributed by atoms with van der Waals surface area (Å²) in [6, 6.07) is 17.9. The molecule has 4 nitrogen and oxygen atoms in total. The lowest BCUT2D eigenvalue weighted by molar-refractivity contribution is -0.141. The lowest BCUT2D eigenvalue weighted by Gasteiger charge is -2.31. The fourth-order valence-corrected chi connectivity index (χ4v) is 3.46. The molecule has 1 N–H and O–H groups in total. The van der Waals surface area contributed by atoms with E-state index in [1.807, 2.05) is 37.3 Å². The molecule has 162 valence electrons. The van der Waals surface area contributed by atoms with E-state index in [2.05, 4.69) is 50.4 Å². The molecule has 0 aliphatic carbocycles. The van der Waals surface area contributed by atoms with Gasteiger partial charge in [-0.15, -0.1) is 0 Å². The number of nitrogens with zero attached hydrogens (tertiary/aromatic N) is 1. The van der Waals surface area contributed by atoms with Crippen LogP contribution in [0.5, 0.6) is 0 Å². The molecule has 30 heavy (non-hydrogen) atoms. The molecule has 0 fully saturated rings. The van der Waals surface area contributed by atoms with E-state index in [0.717, 1.165) is 17.5 Å². The highest BCUT2D eigenvalue weighted by molar-refractivity contribution is 5.87. The summed E-state index contributed by atoms with van der Waals surface area (Å²) in [4.78, 5) is 27.8. The van der Waals surface area contributed by atoms with Gasteiger partial charge in [0.05, 0.1) is 0 Å². The molecule has 1 unspecified atom stereocenters. The number of amides is 2. The summed E-state index contributed by atoms with van der Waals surface area (Å²) >= 11 is 0. The Labute approximate surface area is 181 Å². The van der Waals surface area contributed by atoms with E-state index >= 15 is 0 Å². The van der Waals surface area contributed by atoms with Crippen LogP contribution in [0.25, 0.3) is 0 Å². The molecule has 0 saturated heterocycles. The van der Waals surface area contributed by atoms with E-state index in [1.165, 1.54) is 5.56 Å². The number of aryl methyl sites for hydroxylation is 2. The third-order valence-corrected chi connectivity index (χ3v) is 5.32. The van der Waals surface area contributed by atoms with Gasteiger partial charge in [0.15, 0.2) is 0 Å². The lowest BCUT2D eigenvalue weighted by Crippen LogP contribution is -2.49. The molecule has 0 aliphatic heterocycles. The first-order chi connectivity index (χ1) is 14.4. The monoisotopic (exact) mass is 408 g/mol. The quantitative estimate of drug-likeness (QED) is 0.583. The maximum absolute atomic E-state index is 13.2. The van der Waals surface area contributed by atoms with Crippen LogP contribution in [0.2, 0.25) is 0 Å². The Morgan fingerprint density at radius 3 is 2.10 bits per heavy atom. The average Bonchev–Trinajstić information content (AvgIpc) is 2.76. The third-order valence-electron chi connectivity index (χ3n) is 5.32. The van der Waals surface area contributed by atoms with Crippen LogP contribution in [-0.4, -0.2) is 29.3 Å². The molecule has 2 aromatic carbocycles. The number of benzene rings is 2. The standard InChI is InChI=1S/C26H36N2O2/c1-5-21-12-14-22(15-13-21)16-17-25(29)28(19-23-10-8-7-9-11-23)24(6-2)26(30)27-18-20(3)4/h7-15,20,24H,5-6,16-19H2,1-4H3,(H,27,30). The largest absolute Gasteiger partial charge is 0.354 e. The van der Waals surface area contributed by atoms with Crippen LogP contribution in [0.1, 0.15) is 57.2 Å². The highest BCUT2D eigenvalue weighted by atomic mass is 16.2. The zero-order valence-electron chi connectivity index (χ0n) is 18.9. The number of carbonyl (C=O) groups excluding carboxylic acids is 2. The van der Waals surface area contributed by atoms with Crippen molar-refractivity contribution in [2.75, 3.05) is 6.54 Å². The summed E-state index contributed by atoms with van der Waals surface area (Å²) in [5.41, 5.74) is 3.48. The topological polar surface area (TPSA) is 49.4 Å². The van der Waals surface area contributed by atoms with E-state index in [1.54, 1.807) is 4.90 Å². The Hall–Kier alpha value is -2.62. The number of nitrogens with one attached hydrogen (secondary N) is 1. The maximum atomic E-state index is 13.2. The van der Waals surface area contributed by atoms with Gasteiger partial charge >= 0.3 is 0 Å². The minimum atomic E-state index is -0.459. The molecule has 0 saturated carbocycles. The summed E-state index contributed by atoms with van der Waals surface area (Å²) in [5.74, 6) is 0.323. The van der Waals surface area contributed by atoms with Crippen molar-refractivity contribution in [3.05, 3.63) is 71.3 Å². The molecule has 0 aromatic heterocycles. The van der Waals surface area contributed by atoms with Gasteiger partial charge in [-0.05, 0) is 41.9 Å². The summed E-state index contributed by atoms with van der Waals surface area (Å²) in [5, 5.41) is 3.01. The molecule has 1 atom stereocenters. The second-order valence-electron chi connectivity index (χ2n) is 8.24. The Bertz CT molecular complexity index is 784. The Morgan fingerprint density at radius 2 is 1.53 bits per heavy atom. The van der Waals surface area contributed by atoms with Crippen LogP contribution in [-0.2, 0) is 29.0 Å². The van der Waals surface area contributed by atoms with Crippen LogP contribution >= 0.6 is 0 Å². The van der Waals surface area contributed by atoms with Gasteiger partial charge in [0.25, 0.3) is 0 Å². The van der Waals surface area contributed by atoms with Crippen LogP contribution in [0.3, 0.4) is 0 Å². The van der Waals surface area contributed by atoms with E-state index in [4.69, 9.17) is 0 Å². The van der Waals surface area contributed by atoms with Gasteiger partial charge in [0, 0.05) is 19.5 Å². The first kappa shape index (κ1) is 23.7. The fourth-order valence-electron chi connectivity index (χ4n) is 3.46. The summed E-state index contributed by atoms with van der Waals surface area (Å²) < 4.78 is 0. The van der Waals surface area contributed by atoms with Crippen molar-refractivity contribution < 1.29 is 9.59 Å². The maximum Gasteiger partial charge on any atom is 0.242 e. The highest BCUT2D eigenvalue weighted by Crippen LogP contribution is 2.15. The predicted octanol–water partition coefficient (Wildman–Crippen LogP) is 4.76. The van der Waals surface area contributed by atoms with Crippen molar-refractivity contribution in [3.8, 4) is 0 Å². The number of hydrogen-bond acceptors (Lipinski definition) is 2. The Balaban J connectivity index is 2.13. The number of carbonyl (C=O) groups is 2. The molecule has 2 amide bonds. The SMILES string of the molecule is CCc1ccc(CCC(=O)N(Cc2ccccc2)C(CC)C(=O)NCC(C)C)cc1. The molecular weight excluding hydrogens is 372 g/mol. The van der Waals surface area contributed by atoms with Crippen molar-refractivity contribution in [2.45, 2.75) is 66.0 Å². The normalized spacial score (nSPS) is 11.9. The van der Waals surface area contributed by atoms with Gasteiger partial charge in [-0.2, -0.15) is 0 Å². The molecule has 0 spiro atoms. The third kappa shape index (κ3) is 7.33.